The maximum Gasteiger partial charge on any atom is 0.126 e. The fourth-order valence-electron chi connectivity index (χ4n) is 7.58. The minimum atomic E-state index is -0.0995. The number of piperidine rings is 2. The number of pyridine rings is 1. The van der Waals surface area contributed by atoms with Crippen LogP contribution in [0, 0.1) is 33.5 Å². The number of likely N-dealkylation sites (tertiary alicyclic amines) is 1. The number of halogens is 1. The second-order valence-electron chi connectivity index (χ2n) is 14.9. The second kappa shape index (κ2) is 30.3. The lowest BCUT2D eigenvalue weighted by Crippen LogP contribution is -2.55. The van der Waals surface area contributed by atoms with Crippen molar-refractivity contribution >= 4 is 16.6 Å². The van der Waals surface area contributed by atoms with E-state index in [0.29, 0.717) is 5.92 Å². The average molecular weight is 778 g/mol. The van der Waals surface area contributed by atoms with Crippen molar-refractivity contribution in [1.82, 2.24) is 19.7 Å². The van der Waals surface area contributed by atoms with Crippen molar-refractivity contribution in [1.29, 1.82) is 0 Å². The molecule has 56 heavy (non-hydrogen) atoms. The van der Waals surface area contributed by atoms with Crippen LogP contribution in [0.25, 0.3) is 10.9 Å². The third kappa shape index (κ3) is 16.6. The summed E-state index contributed by atoms with van der Waals surface area (Å²) in [6, 6.07) is 12.0. The summed E-state index contributed by atoms with van der Waals surface area (Å²) in [6.07, 6.45) is 10.0. The molecule has 1 aromatic heterocycles. The highest BCUT2D eigenvalue weighted by molar-refractivity contribution is 5.93. The first-order valence-corrected chi connectivity index (χ1v) is 22.6. The Kier molecular flexibility index (Phi) is 28.8. The summed E-state index contributed by atoms with van der Waals surface area (Å²) in [4.78, 5) is 15.6. The topological polar surface area (TPSA) is 25.9 Å². The molecule has 4 heterocycles. The van der Waals surface area contributed by atoms with E-state index in [-0.39, 0.29) is 5.82 Å². The highest BCUT2D eigenvalue weighted by atomic mass is 19.1. The van der Waals surface area contributed by atoms with Crippen LogP contribution in [0.15, 0.2) is 49.7 Å². The van der Waals surface area contributed by atoms with E-state index < -0.39 is 0 Å². The van der Waals surface area contributed by atoms with Crippen LogP contribution in [-0.2, 0) is 0 Å². The smallest absolute Gasteiger partial charge is 0.126 e. The Balaban J connectivity index is 0.00000114. The van der Waals surface area contributed by atoms with Gasteiger partial charge in [0.05, 0.1) is 11.2 Å². The highest BCUT2D eigenvalue weighted by Gasteiger charge is 2.32. The van der Waals surface area contributed by atoms with Crippen molar-refractivity contribution in [2.75, 3.05) is 63.8 Å². The molecule has 0 bridgehead atoms. The first-order valence-electron chi connectivity index (χ1n) is 22.6. The van der Waals surface area contributed by atoms with Gasteiger partial charge >= 0.3 is 0 Å². The van der Waals surface area contributed by atoms with E-state index in [2.05, 4.69) is 98.7 Å². The van der Waals surface area contributed by atoms with Crippen molar-refractivity contribution in [2.24, 2.45) is 0 Å². The van der Waals surface area contributed by atoms with Crippen LogP contribution < -0.4 is 4.90 Å². The number of aryl methyl sites for hydroxylation is 3. The largest absolute Gasteiger partial charge is 0.371 e. The molecule has 3 saturated heterocycles. The van der Waals surface area contributed by atoms with Crippen LogP contribution in [-0.4, -0.2) is 90.7 Å². The van der Waals surface area contributed by atoms with Crippen molar-refractivity contribution < 1.29 is 4.39 Å². The summed E-state index contributed by atoms with van der Waals surface area (Å²) >= 11 is 0. The van der Waals surface area contributed by atoms with Gasteiger partial charge in [-0.25, -0.2) is 4.39 Å². The molecule has 3 aliphatic heterocycles. The summed E-state index contributed by atoms with van der Waals surface area (Å²) in [5.74, 6) is 0.444. The first kappa shape index (κ1) is 53.2. The van der Waals surface area contributed by atoms with E-state index >= 15 is 0 Å². The van der Waals surface area contributed by atoms with Crippen molar-refractivity contribution in [3.05, 3.63) is 83.3 Å². The Morgan fingerprint density at radius 1 is 0.679 bits per heavy atom. The molecule has 0 radical (unpaired) electrons. The molecule has 6 heteroatoms. The maximum absolute atomic E-state index is 12.8. The van der Waals surface area contributed by atoms with Gasteiger partial charge in [-0.1, -0.05) is 101 Å². The number of rotatable bonds is 6. The van der Waals surface area contributed by atoms with E-state index in [4.69, 9.17) is 4.98 Å². The molecule has 0 aliphatic carbocycles. The highest BCUT2D eigenvalue weighted by Crippen LogP contribution is 2.34. The number of hydrogen-bond acceptors (Lipinski definition) is 5. The normalized spacial score (nSPS) is 16.6. The predicted molar refractivity (Wildman–Crippen MR) is 251 cm³/mol. The Bertz CT molecular complexity index is 1410. The molecule has 0 atom stereocenters. The van der Waals surface area contributed by atoms with Crippen molar-refractivity contribution in [3.63, 3.8) is 0 Å². The monoisotopic (exact) mass is 778 g/mol. The number of aromatic nitrogens is 1. The van der Waals surface area contributed by atoms with Crippen LogP contribution >= 0.6 is 0 Å². The van der Waals surface area contributed by atoms with E-state index in [1.54, 1.807) is 13.0 Å². The molecule has 0 N–H and O–H groups in total. The molecular formula is C50H88FN5. The number of likely N-dealkylation sites (N-methyl/N-ethyl adjacent to an activating group) is 1. The average Bonchev–Trinajstić information content (AvgIpc) is 3.26. The number of piperazine rings is 1. The molecule has 3 fully saturated rings. The molecule has 320 valence electrons. The lowest BCUT2D eigenvalue weighted by Gasteiger charge is -2.46. The molecule has 2 aromatic carbocycles. The van der Waals surface area contributed by atoms with Gasteiger partial charge in [0.1, 0.15) is 5.82 Å². The van der Waals surface area contributed by atoms with E-state index in [1.807, 2.05) is 61.5 Å². The number of unbranched alkanes of at least 4 members (excludes halogenated alkanes) is 1. The van der Waals surface area contributed by atoms with Gasteiger partial charge in [0.15, 0.2) is 0 Å². The van der Waals surface area contributed by atoms with Crippen LogP contribution in [0.3, 0.4) is 0 Å². The quantitative estimate of drug-likeness (QED) is 0.232. The molecule has 6 rings (SSSR count). The lowest BCUT2D eigenvalue weighted by atomic mass is 9.95. The van der Waals surface area contributed by atoms with E-state index in [0.717, 1.165) is 47.4 Å². The number of fused-ring (bicyclic) bond motifs is 1. The maximum atomic E-state index is 12.8. The minimum Gasteiger partial charge on any atom is -0.371 e. The van der Waals surface area contributed by atoms with Crippen LogP contribution in [0.5, 0.6) is 0 Å². The van der Waals surface area contributed by atoms with Crippen molar-refractivity contribution in [2.45, 2.75) is 160 Å². The lowest BCUT2D eigenvalue weighted by molar-refractivity contribution is 0.0450. The van der Waals surface area contributed by atoms with Crippen LogP contribution in [0.1, 0.15) is 148 Å². The molecule has 3 aliphatic rings. The molecule has 5 nitrogen and oxygen atoms in total. The summed E-state index contributed by atoms with van der Waals surface area (Å²) < 4.78 is 12.8. The summed E-state index contributed by atoms with van der Waals surface area (Å²) in [5, 5.41) is 1.34. The standard InChI is InChI=1S/C29H45N5.C9H11F.C4H10.3C2H6.C2H4/c1-5-31-16-18-33(19-17-31)26-8-12-32(13-9-26)25-10-14-34(15-11-25)29-23(4)21-30-28-7-6-24(22(2)3)20-27(28)29;1-6-4-7(2)8(3)9(10)5-6;1-3-4-2;4*1-2/h6-7,20-22,25-26H,5,8-19H2,1-4H3;4-5H,1-3H3;3-4H2,1-2H3;3*1-2H3;1-2H2. The summed E-state index contributed by atoms with van der Waals surface area (Å²) in [6.45, 7) is 48.2. The zero-order valence-corrected chi connectivity index (χ0v) is 39.3. The summed E-state index contributed by atoms with van der Waals surface area (Å²) in [5.41, 5.74) is 8.06. The first-order chi connectivity index (χ1) is 27.1. The van der Waals surface area contributed by atoms with Gasteiger partial charge in [0.25, 0.3) is 0 Å². The molecule has 0 unspecified atom stereocenters. The van der Waals surface area contributed by atoms with Gasteiger partial charge in [-0.2, -0.15) is 0 Å². The van der Waals surface area contributed by atoms with Gasteiger partial charge in [-0.05, 0) is 125 Å². The molecule has 0 saturated carbocycles. The van der Waals surface area contributed by atoms with Gasteiger partial charge in [-0.15, -0.1) is 13.2 Å². The number of nitrogens with zero attached hydrogens (tertiary/aromatic N) is 5. The van der Waals surface area contributed by atoms with Crippen LogP contribution in [0.2, 0.25) is 0 Å². The Labute approximate surface area is 347 Å². The number of anilines is 1. The molecular weight excluding hydrogens is 690 g/mol. The third-order valence-electron chi connectivity index (χ3n) is 11.1. The molecule has 0 amide bonds. The fourth-order valence-corrected chi connectivity index (χ4v) is 7.58. The molecule has 3 aromatic rings. The van der Waals surface area contributed by atoms with E-state index in [1.165, 1.54) is 107 Å². The zero-order chi connectivity index (χ0) is 42.8. The Morgan fingerprint density at radius 3 is 1.64 bits per heavy atom. The van der Waals surface area contributed by atoms with Crippen LogP contribution in [0.4, 0.5) is 10.1 Å². The van der Waals surface area contributed by atoms with Gasteiger partial charge in [-0.3, -0.25) is 9.88 Å². The summed E-state index contributed by atoms with van der Waals surface area (Å²) in [7, 11) is 0. The van der Waals surface area contributed by atoms with Gasteiger partial charge < -0.3 is 14.7 Å². The van der Waals surface area contributed by atoms with Crippen molar-refractivity contribution in [3.8, 4) is 0 Å². The van der Waals surface area contributed by atoms with E-state index in [9.17, 15) is 4.39 Å². The number of hydrogen-bond donors (Lipinski definition) is 0. The Morgan fingerprint density at radius 2 is 1.18 bits per heavy atom. The Hall–Kier alpha value is -2.80. The number of benzene rings is 2. The minimum absolute atomic E-state index is 0.0995. The second-order valence-corrected chi connectivity index (χ2v) is 14.9. The third-order valence-corrected chi connectivity index (χ3v) is 11.1. The zero-order valence-electron chi connectivity index (χ0n) is 39.3. The molecule has 0 spiro atoms. The van der Waals surface area contributed by atoms with Gasteiger partial charge in [0, 0.05) is 62.9 Å². The predicted octanol–water partition coefficient (Wildman–Crippen LogP) is 13.2. The fraction of sp³-hybridized carbons (Fsp3) is 0.660. The van der Waals surface area contributed by atoms with Gasteiger partial charge in [0.2, 0.25) is 0 Å². The SMILES string of the molecule is C=C.CC.CC.CC.CCCC.CCN1CCN(C2CCN(C3CCN(c4c(C)cnc5ccc(C(C)C)cc45)CC3)CC2)CC1.Cc1cc(C)c(C)c(F)c1.